The average molecular weight is 356 g/mol. The normalized spacial score (nSPS) is 14.2. The van der Waals surface area contributed by atoms with Crippen molar-refractivity contribution < 1.29 is 19.4 Å². The van der Waals surface area contributed by atoms with Gasteiger partial charge < -0.3 is 19.6 Å². The molecule has 2 heterocycles. The minimum absolute atomic E-state index is 0.0271. The number of hydrogen-bond acceptors (Lipinski definition) is 6. The number of methoxy groups -OCH3 is 1. The molecule has 0 atom stereocenters. The highest BCUT2D eigenvalue weighted by Gasteiger charge is 2.23. The van der Waals surface area contributed by atoms with Crippen LogP contribution in [-0.2, 0) is 11.2 Å². The Balaban J connectivity index is 1.55. The fourth-order valence-corrected chi connectivity index (χ4v) is 2.81. The minimum atomic E-state index is -0.973. The molecule has 1 aromatic carbocycles. The second-order valence-corrected chi connectivity index (χ2v) is 5.95. The van der Waals surface area contributed by atoms with E-state index in [1.165, 1.54) is 12.1 Å². The van der Waals surface area contributed by atoms with E-state index in [1.54, 1.807) is 31.5 Å². The Morgan fingerprint density at radius 3 is 2.42 bits per heavy atom. The standard InChI is InChI=1S/C18H20N4O4/c1-26-15-6-7-19-18(20-15)22-10-8-21(9-11-22)16(23)12-13-2-4-14(5-3-13)17(24)25/h2-7H,8-12H2,1H3,(H,24,25). The third-order valence-electron chi connectivity index (χ3n) is 4.30. The molecule has 8 nitrogen and oxygen atoms in total. The van der Waals surface area contributed by atoms with Crippen LogP contribution in [0.4, 0.5) is 5.95 Å². The molecular weight excluding hydrogens is 336 g/mol. The molecule has 1 aliphatic rings. The molecule has 26 heavy (non-hydrogen) atoms. The van der Waals surface area contributed by atoms with Gasteiger partial charge in [0.2, 0.25) is 17.7 Å². The highest BCUT2D eigenvalue weighted by molar-refractivity contribution is 5.87. The number of carbonyl (C=O) groups excluding carboxylic acids is 1. The number of carboxylic acids is 1. The smallest absolute Gasteiger partial charge is 0.335 e. The SMILES string of the molecule is COc1ccnc(N2CCN(C(=O)Cc3ccc(C(=O)O)cc3)CC2)n1. The van der Waals surface area contributed by atoms with Crippen LogP contribution in [0.15, 0.2) is 36.5 Å². The number of anilines is 1. The predicted molar refractivity (Wildman–Crippen MR) is 94.5 cm³/mol. The molecule has 0 spiro atoms. The molecule has 1 aromatic heterocycles. The summed E-state index contributed by atoms with van der Waals surface area (Å²) in [5.74, 6) is 0.164. The third kappa shape index (κ3) is 4.08. The molecule has 0 unspecified atom stereocenters. The van der Waals surface area contributed by atoms with Crippen LogP contribution < -0.4 is 9.64 Å². The van der Waals surface area contributed by atoms with Crippen LogP contribution in [0, 0.1) is 0 Å². The van der Waals surface area contributed by atoms with E-state index in [1.807, 2.05) is 9.80 Å². The summed E-state index contributed by atoms with van der Waals surface area (Å²) in [5, 5.41) is 8.92. The maximum absolute atomic E-state index is 12.5. The van der Waals surface area contributed by atoms with Crippen molar-refractivity contribution in [1.82, 2.24) is 14.9 Å². The van der Waals surface area contributed by atoms with E-state index in [9.17, 15) is 9.59 Å². The topological polar surface area (TPSA) is 95.9 Å². The van der Waals surface area contributed by atoms with Gasteiger partial charge in [0.25, 0.3) is 0 Å². The monoisotopic (exact) mass is 356 g/mol. The van der Waals surface area contributed by atoms with Crippen molar-refractivity contribution in [3.8, 4) is 5.88 Å². The van der Waals surface area contributed by atoms with Crippen molar-refractivity contribution in [3.05, 3.63) is 47.7 Å². The summed E-state index contributed by atoms with van der Waals surface area (Å²) in [7, 11) is 1.56. The maximum Gasteiger partial charge on any atom is 0.335 e. The lowest BCUT2D eigenvalue weighted by atomic mass is 10.1. The van der Waals surface area contributed by atoms with Crippen LogP contribution in [-0.4, -0.2) is 65.1 Å². The first-order valence-corrected chi connectivity index (χ1v) is 8.29. The van der Waals surface area contributed by atoms with Gasteiger partial charge in [-0.1, -0.05) is 12.1 Å². The zero-order chi connectivity index (χ0) is 18.5. The number of amides is 1. The zero-order valence-corrected chi connectivity index (χ0v) is 14.5. The van der Waals surface area contributed by atoms with Crippen LogP contribution in [0.5, 0.6) is 5.88 Å². The van der Waals surface area contributed by atoms with Crippen LogP contribution in [0.25, 0.3) is 0 Å². The van der Waals surface area contributed by atoms with Crippen molar-refractivity contribution >= 4 is 17.8 Å². The highest BCUT2D eigenvalue weighted by atomic mass is 16.5. The number of piperazine rings is 1. The van der Waals surface area contributed by atoms with Crippen LogP contribution in [0.1, 0.15) is 15.9 Å². The first-order valence-electron chi connectivity index (χ1n) is 8.29. The second kappa shape index (κ2) is 7.81. The van der Waals surface area contributed by atoms with Crippen LogP contribution in [0.2, 0.25) is 0 Å². The van der Waals surface area contributed by atoms with Gasteiger partial charge in [0.05, 0.1) is 19.1 Å². The Morgan fingerprint density at radius 1 is 1.12 bits per heavy atom. The number of carboxylic acid groups (broad SMARTS) is 1. The highest BCUT2D eigenvalue weighted by Crippen LogP contribution is 2.15. The lowest BCUT2D eigenvalue weighted by Crippen LogP contribution is -2.49. The molecule has 1 N–H and O–H groups in total. The predicted octanol–water partition coefficient (Wildman–Crippen LogP) is 1.07. The van der Waals surface area contributed by atoms with E-state index >= 15 is 0 Å². The number of aromatic nitrogens is 2. The summed E-state index contributed by atoms with van der Waals surface area (Å²) in [6.45, 7) is 2.48. The first-order chi connectivity index (χ1) is 12.6. The molecule has 1 aliphatic heterocycles. The van der Waals surface area contributed by atoms with Crippen LogP contribution in [0.3, 0.4) is 0 Å². The largest absolute Gasteiger partial charge is 0.481 e. The van der Waals surface area contributed by atoms with Gasteiger partial charge in [-0.25, -0.2) is 9.78 Å². The summed E-state index contributed by atoms with van der Waals surface area (Å²) in [4.78, 5) is 35.7. The Morgan fingerprint density at radius 2 is 1.81 bits per heavy atom. The third-order valence-corrected chi connectivity index (χ3v) is 4.30. The number of ether oxygens (including phenoxy) is 1. The van der Waals surface area contributed by atoms with Gasteiger partial charge in [0.1, 0.15) is 0 Å². The Labute approximate surface area is 151 Å². The molecule has 0 bridgehead atoms. The van der Waals surface area contributed by atoms with Gasteiger partial charge in [-0.15, -0.1) is 0 Å². The molecule has 1 saturated heterocycles. The molecule has 2 aromatic rings. The Hall–Kier alpha value is -3.16. The number of hydrogen-bond donors (Lipinski definition) is 1. The summed E-state index contributed by atoms with van der Waals surface area (Å²) in [6, 6.07) is 8.09. The first kappa shape index (κ1) is 17.7. The number of nitrogens with zero attached hydrogens (tertiary/aromatic N) is 4. The van der Waals surface area contributed by atoms with Crippen molar-refractivity contribution in [2.45, 2.75) is 6.42 Å². The van der Waals surface area contributed by atoms with E-state index in [4.69, 9.17) is 9.84 Å². The molecule has 3 rings (SSSR count). The van der Waals surface area contributed by atoms with Gasteiger partial charge in [0.15, 0.2) is 0 Å². The average Bonchev–Trinajstić information content (AvgIpc) is 2.68. The summed E-state index contributed by atoms with van der Waals surface area (Å²) < 4.78 is 5.12. The number of rotatable bonds is 5. The van der Waals surface area contributed by atoms with Gasteiger partial charge in [0, 0.05) is 38.4 Å². The summed E-state index contributed by atoms with van der Waals surface area (Å²) in [6.07, 6.45) is 1.91. The van der Waals surface area contributed by atoms with E-state index in [-0.39, 0.29) is 17.9 Å². The molecule has 0 radical (unpaired) electrons. The maximum atomic E-state index is 12.5. The van der Waals surface area contributed by atoms with E-state index in [0.29, 0.717) is 38.0 Å². The Bertz CT molecular complexity index is 786. The fourth-order valence-electron chi connectivity index (χ4n) is 2.81. The van der Waals surface area contributed by atoms with Gasteiger partial charge in [-0.3, -0.25) is 4.79 Å². The summed E-state index contributed by atoms with van der Waals surface area (Å²) in [5.41, 5.74) is 1.02. The lowest BCUT2D eigenvalue weighted by molar-refractivity contribution is -0.130. The van der Waals surface area contributed by atoms with E-state index in [0.717, 1.165) is 5.56 Å². The number of carbonyl (C=O) groups is 2. The fraction of sp³-hybridized carbons (Fsp3) is 0.333. The molecule has 1 amide bonds. The van der Waals surface area contributed by atoms with Gasteiger partial charge in [-0.05, 0) is 17.7 Å². The summed E-state index contributed by atoms with van der Waals surface area (Å²) >= 11 is 0. The molecule has 1 fully saturated rings. The molecular formula is C18H20N4O4. The number of aromatic carboxylic acids is 1. The van der Waals surface area contributed by atoms with Crippen molar-refractivity contribution in [3.63, 3.8) is 0 Å². The molecule has 136 valence electrons. The molecule has 0 saturated carbocycles. The van der Waals surface area contributed by atoms with Gasteiger partial charge in [-0.2, -0.15) is 4.98 Å². The van der Waals surface area contributed by atoms with Crippen molar-refractivity contribution in [2.75, 3.05) is 38.2 Å². The molecule has 8 heteroatoms. The van der Waals surface area contributed by atoms with Crippen LogP contribution >= 0.6 is 0 Å². The quantitative estimate of drug-likeness (QED) is 0.856. The van der Waals surface area contributed by atoms with Gasteiger partial charge >= 0.3 is 5.97 Å². The lowest BCUT2D eigenvalue weighted by Gasteiger charge is -2.34. The van der Waals surface area contributed by atoms with Crippen molar-refractivity contribution in [1.29, 1.82) is 0 Å². The van der Waals surface area contributed by atoms with E-state index < -0.39 is 5.97 Å². The van der Waals surface area contributed by atoms with Crippen molar-refractivity contribution in [2.24, 2.45) is 0 Å². The minimum Gasteiger partial charge on any atom is -0.481 e. The second-order valence-electron chi connectivity index (χ2n) is 5.95. The zero-order valence-electron chi connectivity index (χ0n) is 14.5. The Kier molecular flexibility index (Phi) is 5.31. The number of benzene rings is 1. The van der Waals surface area contributed by atoms with E-state index in [2.05, 4.69) is 9.97 Å². The molecule has 0 aliphatic carbocycles.